The van der Waals surface area contributed by atoms with Crippen molar-refractivity contribution in [2.45, 2.75) is 19.0 Å². The van der Waals surface area contributed by atoms with E-state index >= 15 is 0 Å². The Balaban J connectivity index is 0.00000169. The summed E-state index contributed by atoms with van der Waals surface area (Å²) in [5, 5.41) is 3.49. The number of hydrogen-bond acceptors (Lipinski definition) is 4. The lowest BCUT2D eigenvalue weighted by Crippen LogP contribution is -2.46. The first-order chi connectivity index (χ1) is 11.2. The van der Waals surface area contributed by atoms with Crippen molar-refractivity contribution in [2.75, 3.05) is 26.2 Å². The van der Waals surface area contributed by atoms with E-state index in [9.17, 15) is 0 Å². The minimum absolute atomic E-state index is 0. The normalized spacial score (nSPS) is 20.3. The molecule has 1 saturated heterocycles. The smallest absolute Gasteiger partial charge is 0.127 e. The average molecular weight is 414 g/mol. The van der Waals surface area contributed by atoms with Crippen molar-refractivity contribution in [3.8, 4) is 5.75 Å². The van der Waals surface area contributed by atoms with Gasteiger partial charge in [0, 0.05) is 62.1 Å². The van der Waals surface area contributed by atoms with Crippen LogP contribution in [-0.2, 0) is 20.0 Å². The maximum atomic E-state index is 5.89. The van der Waals surface area contributed by atoms with Crippen molar-refractivity contribution in [1.82, 2.24) is 19.8 Å². The van der Waals surface area contributed by atoms with Crippen molar-refractivity contribution in [3.63, 3.8) is 0 Å². The summed E-state index contributed by atoms with van der Waals surface area (Å²) in [5.74, 6) is 2.20. The molecule has 7 heteroatoms. The van der Waals surface area contributed by atoms with Crippen molar-refractivity contribution >= 4 is 28.3 Å². The first-order valence-electron chi connectivity index (χ1n) is 8.08. The third kappa shape index (κ3) is 3.33. The molecule has 1 fully saturated rings. The molecule has 1 aromatic carbocycles. The summed E-state index contributed by atoms with van der Waals surface area (Å²) < 4.78 is 9.15. The van der Waals surface area contributed by atoms with E-state index in [0.717, 1.165) is 55.3 Å². The molecule has 1 aromatic heterocycles. The van der Waals surface area contributed by atoms with Crippen LogP contribution in [0.2, 0.25) is 0 Å². The van der Waals surface area contributed by atoms with Crippen LogP contribution in [0.3, 0.4) is 0 Å². The molecule has 3 heterocycles. The predicted molar refractivity (Wildman–Crippen MR) is 99.8 cm³/mol. The second-order valence-electron chi connectivity index (χ2n) is 6.24. The Labute approximate surface area is 156 Å². The Bertz CT molecular complexity index is 721. The van der Waals surface area contributed by atoms with E-state index in [1.54, 1.807) is 0 Å². The van der Waals surface area contributed by atoms with Crippen LogP contribution >= 0.6 is 28.3 Å². The average Bonchev–Trinajstić information content (AvgIpc) is 3.16. The SMILES string of the molecule is Cl.Cn1ccnc1C1CNCCN1Cc1cc(Br)cc2c1OCC2. The molecule has 0 radical (unpaired) electrons. The number of benzene rings is 1. The first-order valence-corrected chi connectivity index (χ1v) is 8.88. The van der Waals surface area contributed by atoms with Gasteiger partial charge in [-0.1, -0.05) is 15.9 Å². The number of imidazole rings is 1. The van der Waals surface area contributed by atoms with Crippen LogP contribution in [0.15, 0.2) is 29.0 Å². The highest BCUT2D eigenvalue weighted by Gasteiger charge is 2.28. The summed E-state index contributed by atoms with van der Waals surface area (Å²) in [7, 11) is 2.06. The fourth-order valence-electron chi connectivity index (χ4n) is 3.57. The minimum atomic E-state index is 0. The lowest BCUT2D eigenvalue weighted by molar-refractivity contribution is 0.143. The largest absolute Gasteiger partial charge is 0.493 e. The Morgan fingerprint density at radius 1 is 1.42 bits per heavy atom. The van der Waals surface area contributed by atoms with Gasteiger partial charge in [-0.05, 0) is 17.7 Å². The first kappa shape index (κ1) is 17.7. The lowest BCUT2D eigenvalue weighted by atomic mass is 10.1. The highest BCUT2D eigenvalue weighted by Crippen LogP contribution is 2.35. The number of hydrogen-bond donors (Lipinski definition) is 1. The highest BCUT2D eigenvalue weighted by molar-refractivity contribution is 9.10. The molecule has 4 rings (SSSR count). The van der Waals surface area contributed by atoms with Crippen LogP contribution in [0.1, 0.15) is 23.0 Å². The van der Waals surface area contributed by atoms with Gasteiger partial charge in [0.05, 0.1) is 12.6 Å². The molecule has 0 bridgehead atoms. The number of halogens is 2. The van der Waals surface area contributed by atoms with Gasteiger partial charge < -0.3 is 14.6 Å². The van der Waals surface area contributed by atoms with E-state index in [1.807, 2.05) is 12.4 Å². The van der Waals surface area contributed by atoms with Gasteiger partial charge in [0.2, 0.25) is 0 Å². The summed E-state index contributed by atoms with van der Waals surface area (Å²) >= 11 is 3.64. The summed E-state index contributed by atoms with van der Waals surface area (Å²) in [5.41, 5.74) is 2.59. The molecule has 130 valence electrons. The number of piperazine rings is 1. The quantitative estimate of drug-likeness (QED) is 0.840. The van der Waals surface area contributed by atoms with E-state index < -0.39 is 0 Å². The van der Waals surface area contributed by atoms with E-state index in [-0.39, 0.29) is 12.4 Å². The molecule has 0 saturated carbocycles. The second kappa shape index (κ2) is 7.44. The number of rotatable bonds is 3. The molecule has 2 aliphatic rings. The van der Waals surface area contributed by atoms with Crippen LogP contribution in [0.4, 0.5) is 0 Å². The standard InChI is InChI=1S/C17H21BrN4O.ClH/c1-21-5-4-20-17(21)15-10-19-3-6-22(15)11-13-9-14(18)8-12-2-7-23-16(12)13;/h4-5,8-9,15,19H,2-3,6-7,10-11H2,1H3;1H. The van der Waals surface area contributed by atoms with Crippen LogP contribution in [0.5, 0.6) is 5.75 Å². The molecule has 0 aliphatic carbocycles. The number of nitrogens with one attached hydrogen (secondary N) is 1. The number of aryl methyl sites for hydroxylation is 1. The van der Waals surface area contributed by atoms with E-state index in [1.165, 1.54) is 11.1 Å². The van der Waals surface area contributed by atoms with Crippen LogP contribution in [0, 0.1) is 0 Å². The fourth-order valence-corrected chi connectivity index (χ4v) is 4.12. The number of fused-ring (bicyclic) bond motifs is 1. The predicted octanol–water partition coefficient (Wildman–Crippen LogP) is 2.69. The van der Waals surface area contributed by atoms with Crippen molar-refractivity contribution in [3.05, 3.63) is 46.0 Å². The van der Waals surface area contributed by atoms with Gasteiger partial charge >= 0.3 is 0 Å². The van der Waals surface area contributed by atoms with E-state index in [2.05, 4.69) is 54.9 Å². The molecule has 5 nitrogen and oxygen atoms in total. The number of nitrogens with zero attached hydrogens (tertiary/aromatic N) is 3. The molecule has 0 amide bonds. The maximum absolute atomic E-state index is 5.89. The van der Waals surface area contributed by atoms with Gasteiger partial charge in [0.1, 0.15) is 11.6 Å². The van der Waals surface area contributed by atoms with Crippen LogP contribution in [0.25, 0.3) is 0 Å². The molecule has 24 heavy (non-hydrogen) atoms. The van der Waals surface area contributed by atoms with Gasteiger partial charge in [-0.3, -0.25) is 4.90 Å². The van der Waals surface area contributed by atoms with Crippen LogP contribution in [-0.4, -0.2) is 40.7 Å². The molecule has 1 N–H and O–H groups in total. The van der Waals surface area contributed by atoms with Crippen molar-refractivity contribution < 1.29 is 4.74 Å². The van der Waals surface area contributed by atoms with E-state index in [4.69, 9.17) is 4.74 Å². The Morgan fingerprint density at radius 2 is 2.29 bits per heavy atom. The third-order valence-electron chi connectivity index (χ3n) is 4.71. The maximum Gasteiger partial charge on any atom is 0.127 e. The monoisotopic (exact) mass is 412 g/mol. The third-order valence-corrected chi connectivity index (χ3v) is 5.17. The molecule has 2 aliphatic heterocycles. The molecule has 1 unspecified atom stereocenters. The van der Waals surface area contributed by atoms with Crippen LogP contribution < -0.4 is 10.1 Å². The van der Waals surface area contributed by atoms with Gasteiger partial charge in [-0.15, -0.1) is 12.4 Å². The zero-order valence-corrected chi connectivity index (χ0v) is 16.1. The summed E-state index contributed by atoms with van der Waals surface area (Å²) in [4.78, 5) is 7.06. The lowest BCUT2D eigenvalue weighted by Gasteiger charge is -2.36. The summed E-state index contributed by atoms with van der Waals surface area (Å²) in [6, 6.07) is 4.67. The number of ether oxygens (including phenoxy) is 1. The van der Waals surface area contributed by atoms with Gasteiger partial charge in [0.15, 0.2) is 0 Å². The topological polar surface area (TPSA) is 42.3 Å². The Kier molecular flexibility index (Phi) is 5.49. The molecule has 2 aromatic rings. The summed E-state index contributed by atoms with van der Waals surface area (Å²) in [6.07, 6.45) is 4.90. The van der Waals surface area contributed by atoms with Crippen molar-refractivity contribution in [1.29, 1.82) is 0 Å². The summed E-state index contributed by atoms with van der Waals surface area (Å²) in [6.45, 7) is 4.64. The molecular weight excluding hydrogens is 392 g/mol. The Hall–Kier alpha value is -1.08. The Morgan fingerprint density at radius 3 is 3.08 bits per heavy atom. The fraction of sp³-hybridized carbons (Fsp3) is 0.471. The zero-order chi connectivity index (χ0) is 15.8. The molecule has 0 spiro atoms. The number of aromatic nitrogens is 2. The second-order valence-corrected chi connectivity index (χ2v) is 7.15. The molecular formula is C17H22BrClN4O. The van der Waals surface area contributed by atoms with Gasteiger partial charge in [0.25, 0.3) is 0 Å². The van der Waals surface area contributed by atoms with Crippen molar-refractivity contribution in [2.24, 2.45) is 7.05 Å². The van der Waals surface area contributed by atoms with Gasteiger partial charge in [-0.2, -0.15) is 0 Å². The highest BCUT2D eigenvalue weighted by atomic mass is 79.9. The molecule has 1 atom stereocenters. The zero-order valence-electron chi connectivity index (χ0n) is 13.7. The van der Waals surface area contributed by atoms with Gasteiger partial charge in [-0.25, -0.2) is 4.98 Å². The van der Waals surface area contributed by atoms with E-state index in [0.29, 0.717) is 6.04 Å². The minimum Gasteiger partial charge on any atom is -0.493 e.